The maximum Gasteiger partial charge on any atom is 0.165 e. The molecular weight excluding hydrogens is 186 g/mol. The number of hydrogen-bond donors (Lipinski definition) is 1. The molecule has 2 nitrogen and oxygen atoms in total. The van der Waals surface area contributed by atoms with E-state index >= 15 is 0 Å². The molecule has 1 rings (SSSR count). The predicted molar refractivity (Wildman–Crippen MR) is 60.2 cm³/mol. The molecule has 1 unspecified atom stereocenters. The zero-order valence-electron chi connectivity index (χ0n) is 9.49. The third kappa shape index (κ3) is 3.73. The summed E-state index contributed by atoms with van der Waals surface area (Å²) in [4.78, 5) is 0. The largest absolute Gasteiger partial charge is 0.374 e. The van der Waals surface area contributed by atoms with Crippen molar-refractivity contribution in [3.05, 3.63) is 35.4 Å². The van der Waals surface area contributed by atoms with Gasteiger partial charge < -0.3 is 5.11 Å². The SMILES string of the molecule is CC(C)(C)Cc1ccc(C(O)C#N)cc1. The van der Waals surface area contributed by atoms with E-state index in [0.717, 1.165) is 6.42 Å². The minimum Gasteiger partial charge on any atom is -0.374 e. The van der Waals surface area contributed by atoms with Crippen LogP contribution in [-0.4, -0.2) is 5.11 Å². The zero-order chi connectivity index (χ0) is 11.5. The fraction of sp³-hybridized carbons (Fsp3) is 0.462. The molecule has 2 heteroatoms. The highest BCUT2D eigenvalue weighted by molar-refractivity contribution is 5.27. The van der Waals surface area contributed by atoms with Crippen LogP contribution in [0.5, 0.6) is 0 Å². The van der Waals surface area contributed by atoms with E-state index in [1.807, 2.05) is 24.3 Å². The number of rotatable bonds is 2. The van der Waals surface area contributed by atoms with Crippen molar-refractivity contribution in [2.24, 2.45) is 5.41 Å². The Bertz CT molecular complexity index is 354. The molecule has 1 aromatic carbocycles. The second kappa shape index (κ2) is 4.46. The van der Waals surface area contributed by atoms with Gasteiger partial charge in [0.25, 0.3) is 0 Å². The highest BCUT2D eigenvalue weighted by Crippen LogP contribution is 2.21. The number of benzene rings is 1. The van der Waals surface area contributed by atoms with Gasteiger partial charge in [0, 0.05) is 0 Å². The smallest absolute Gasteiger partial charge is 0.165 e. The molecule has 0 radical (unpaired) electrons. The molecule has 0 bridgehead atoms. The number of aliphatic hydroxyl groups excluding tert-OH is 1. The minimum atomic E-state index is -1.01. The van der Waals surface area contributed by atoms with Crippen LogP contribution in [0.1, 0.15) is 38.0 Å². The van der Waals surface area contributed by atoms with E-state index in [9.17, 15) is 5.11 Å². The van der Waals surface area contributed by atoms with Gasteiger partial charge in [0.05, 0.1) is 6.07 Å². The predicted octanol–water partition coefficient (Wildman–Crippen LogP) is 2.83. The van der Waals surface area contributed by atoms with Crippen LogP contribution in [0.2, 0.25) is 0 Å². The Morgan fingerprint density at radius 1 is 1.27 bits per heavy atom. The summed E-state index contributed by atoms with van der Waals surface area (Å²) in [7, 11) is 0. The molecule has 0 aromatic heterocycles. The van der Waals surface area contributed by atoms with Crippen LogP contribution in [0, 0.1) is 16.7 Å². The molecule has 80 valence electrons. The molecule has 0 amide bonds. The maximum atomic E-state index is 9.29. The first kappa shape index (κ1) is 11.7. The van der Waals surface area contributed by atoms with Crippen molar-refractivity contribution in [2.45, 2.75) is 33.3 Å². The molecule has 0 saturated heterocycles. The first-order valence-corrected chi connectivity index (χ1v) is 5.09. The zero-order valence-corrected chi connectivity index (χ0v) is 9.49. The summed E-state index contributed by atoms with van der Waals surface area (Å²) in [5, 5.41) is 17.8. The summed E-state index contributed by atoms with van der Waals surface area (Å²) in [6.07, 6.45) is -0.00988. The van der Waals surface area contributed by atoms with Crippen LogP contribution in [-0.2, 0) is 6.42 Å². The molecular formula is C13H17NO. The Labute approximate surface area is 91.2 Å². The monoisotopic (exact) mass is 203 g/mol. The van der Waals surface area contributed by atoms with Crippen molar-refractivity contribution in [3.63, 3.8) is 0 Å². The van der Waals surface area contributed by atoms with Gasteiger partial charge in [-0.3, -0.25) is 0 Å². The van der Waals surface area contributed by atoms with Gasteiger partial charge >= 0.3 is 0 Å². The molecule has 0 spiro atoms. The van der Waals surface area contributed by atoms with E-state index < -0.39 is 6.10 Å². The Hall–Kier alpha value is -1.33. The van der Waals surface area contributed by atoms with Crippen LogP contribution in [0.15, 0.2) is 24.3 Å². The Balaban J connectivity index is 2.78. The molecule has 15 heavy (non-hydrogen) atoms. The lowest BCUT2D eigenvalue weighted by Crippen LogP contribution is -2.09. The second-order valence-corrected chi connectivity index (χ2v) is 5.01. The average molecular weight is 203 g/mol. The average Bonchev–Trinajstić information content (AvgIpc) is 2.15. The summed E-state index contributed by atoms with van der Waals surface area (Å²) in [6, 6.07) is 9.38. The number of aliphatic hydroxyl groups is 1. The van der Waals surface area contributed by atoms with Gasteiger partial charge in [-0.25, -0.2) is 0 Å². The first-order chi connectivity index (χ1) is 6.92. The van der Waals surface area contributed by atoms with Gasteiger partial charge in [-0.2, -0.15) is 5.26 Å². The van der Waals surface area contributed by atoms with Crippen molar-refractivity contribution < 1.29 is 5.11 Å². The van der Waals surface area contributed by atoms with Crippen molar-refractivity contribution in [1.82, 2.24) is 0 Å². The van der Waals surface area contributed by atoms with E-state index in [1.54, 1.807) is 6.07 Å². The number of nitriles is 1. The normalized spacial score (nSPS) is 13.3. The lowest BCUT2D eigenvalue weighted by atomic mass is 9.88. The summed E-state index contributed by atoms with van der Waals surface area (Å²) in [6.45, 7) is 6.56. The lowest BCUT2D eigenvalue weighted by Gasteiger charge is -2.18. The van der Waals surface area contributed by atoms with Crippen LogP contribution in [0.25, 0.3) is 0 Å². The standard InChI is InChI=1S/C13H17NO/c1-13(2,3)8-10-4-6-11(7-5-10)12(15)9-14/h4-7,12,15H,8H2,1-3H3. The van der Waals surface area contributed by atoms with Gasteiger partial charge in [0.1, 0.15) is 0 Å². The number of hydrogen-bond acceptors (Lipinski definition) is 2. The van der Waals surface area contributed by atoms with Gasteiger partial charge in [0.2, 0.25) is 0 Å². The minimum absolute atomic E-state index is 0.259. The van der Waals surface area contributed by atoms with Crippen LogP contribution >= 0.6 is 0 Å². The highest BCUT2D eigenvalue weighted by Gasteiger charge is 2.11. The summed E-state index contributed by atoms with van der Waals surface area (Å²) in [5.41, 5.74) is 2.15. The fourth-order valence-electron chi connectivity index (χ4n) is 1.50. The van der Waals surface area contributed by atoms with Crippen LogP contribution < -0.4 is 0 Å². The molecule has 1 atom stereocenters. The molecule has 1 aromatic rings. The summed E-state index contributed by atoms with van der Waals surface area (Å²) < 4.78 is 0. The first-order valence-electron chi connectivity index (χ1n) is 5.09. The van der Waals surface area contributed by atoms with Crippen molar-refractivity contribution in [1.29, 1.82) is 5.26 Å². The van der Waals surface area contributed by atoms with E-state index in [0.29, 0.717) is 5.56 Å². The number of nitrogens with zero attached hydrogens (tertiary/aromatic N) is 1. The van der Waals surface area contributed by atoms with Crippen molar-refractivity contribution in [3.8, 4) is 6.07 Å². The molecule has 0 aliphatic rings. The Kier molecular flexibility index (Phi) is 3.49. The van der Waals surface area contributed by atoms with Crippen molar-refractivity contribution >= 4 is 0 Å². The van der Waals surface area contributed by atoms with Gasteiger partial charge in [-0.15, -0.1) is 0 Å². The van der Waals surface area contributed by atoms with Gasteiger partial charge in [-0.1, -0.05) is 45.0 Å². The van der Waals surface area contributed by atoms with E-state index in [2.05, 4.69) is 20.8 Å². The second-order valence-electron chi connectivity index (χ2n) is 5.01. The maximum absolute atomic E-state index is 9.29. The van der Waals surface area contributed by atoms with E-state index in [4.69, 9.17) is 5.26 Å². The molecule has 0 saturated carbocycles. The summed E-state index contributed by atoms with van der Waals surface area (Å²) in [5.74, 6) is 0. The quantitative estimate of drug-likeness (QED) is 0.751. The molecule has 0 aliphatic heterocycles. The van der Waals surface area contributed by atoms with E-state index in [-0.39, 0.29) is 5.41 Å². The van der Waals surface area contributed by atoms with E-state index in [1.165, 1.54) is 5.56 Å². The molecule has 0 heterocycles. The van der Waals surface area contributed by atoms with Crippen LogP contribution in [0.3, 0.4) is 0 Å². The third-order valence-electron chi connectivity index (χ3n) is 2.15. The summed E-state index contributed by atoms with van der Waals surface area (Å²) >= 11 is 0. The highest BCUT2D eigenvalue weighted by atomic mass is 16.3. The molecule has 1 N–H and O–H groups in total. The van der Waals surface area contributed by atoms with Crippen LogP contribution in [0.4, 0.5) is 0 Å². The molecule has 0 fully saturated rings. The molecule has 0 aliphatic carbocycles. The van der Waals surface area contributed by atoms with Gasteiger partial charge in [0.15, 0.2) is 6.10 Å². The topological polar surface area (TPSA) is 44.0 Å². The Morgan fingerprint density at radius 2 is 1.80 bits per heavy atom. The Morgan fingerprint density at radius 3 is 2.20 bits per heavy atom. The fourth-order valence-corrected chi connectivity index (χ4v) is 1.50. The third-order valence-corrected chi connectivity index (χ3v) is 2.15. The van der Waals surface area contributed by atoms with Gasteiger partial charge in [-0.05, 0) is 23.0 Å². The lowest BCUT2D eigenvalue weighted by molar-refractivity contribution is 0.236. The van der Waals surface area contributed by atoms with Crippen molar-refractivity contribution in [2.75, 3.05) is 0 Å².